The maximum atomic E-state index is 11.9. The Labute approximate surface area is 114 Å². The molecule has 0 aliphatic carbocycles. The van der Waals surface area contributed by atoms with Gasteiger partial charge in [0.2, 0.25) is 5.91 Å². The molecule has 0 aliphatic heterocycles. The lowest BCUT2D eigenvalue weighted by Crippen LogP contribution is -2.43. The van der Waals surface area contributed by atoms with Gasteiger partial charge in [-0.3, -0.25) is 4.79 Å². The molecule has 4 nitrogen and oxygen atoms in total. The Balaban J connectivity index is 2.69. The molecule has 1 rings (SSSR count). The van der Waals surface area contributed by atoms with E-state index < -0.39 is 6.04 Å². The number of esters is 1. The number of carbonyl (C=O) groups is 2. The van der Waals surface area contributed by atoms with Gasteiger partial charge in [0.05, 0.1) is 6.61 Å². The van der Waals surface area contributed by atoms with Crippen LogP contribution >= 0.6 is 0 Å². The van der Waals surface area contributed by atoms with Gasteiger partial charge < -0.3 is 10.1 Å². The molecule has 1 aromatic rings. The second kappa shape index (κ2) is 8.29. The second-order valence-electron chi connectivity index (χ2n) is 4.31. The van der Waals surface area contributed by atoms with Crippen molar-refractivity contribution in [2.75, 3.05) is 6.61 Å². The summed E-state index contributed by atoms with van der Waals surface area (Å²) in [4.78, 5) is 23.5. The molecule has 1 unspecified atom stereocenters. The van der Waals surface area contributed by atoms with Gasteiger partial charge in [-0.2, -0.15) is 0 Å². The molecule has 1 aromatic carbocycles. The van der Waals surface area contributed by atoms with Crippen LogP contribution < -0.4 is 5.32 Å². The third kappa shape index (κ3) is 5.55. The van der Waals surface area contributed by atoms with E-state index in [4.69, 9.17) is 4.74 Å². The molecule has 1 atom stereocenters. The minimum Gasteiger partial charge on any atom is -0.464 e. The van der Waals surface area contributed by atoms with Crippen LogP contribution in [0.15, 0.2) is 30.3 Å². The normalized spacial score (nSPS) is 11.7. The van der Waals surface area contributed by atoms with Gasteiger partial charge in [0, 0.05) is 12.8 Å². The Bertz CT molecular complexity index is 403. The molecule has 104 valence electrons. The van der Waals surface area contributed by atoms with E-state index in [1.165, 1.54) is 0 Å². The van der Waals surface area contributed by atoms with Gasteiger partial charge in [-0.15, -0.1) is 0 Å². The average molecular weight is 263 g/mol. The number of hydrogen-bond donors (Lipinski definition) is 1. The zero-order chi connectivity index (χ0) is 14.1. The summed E-state index contributed by atoms with van der Waals surface area (Å²) in [6.45, 7) is 4.00. The summed E-state index contributed by atoms with van der Waals surface area (Å²) in [7, 11) is 0. The van der Waals surface area contributed by atoms with Crippen LogP contribution in [0.5, 0.6) is 0 Å². The molecule has 0 fully saturated rings. The van der Waals surface area contributed by atoms with Crippen molar-refractivity contribution in [2.45, 2.75) is 39.2 Å². The van der Waals surface area contributed by atoms with Crippen molar-refractivity contribution in [1.29, 1.82) is 0 Å². The highest BCUT2D eigenvalue weighted by molar-refractivity contribution is 5.84. The number of carbonyl (C=O) groups excluding carboxylic acids is 2. The number of amides is 1. The number of rotatable bonds is 7. The van der Waals surface area contributed by atoms with E-state index in [1.807, 2.05) is 37.3 Å². The van der Waals surface area contributed by atoms with Crippen molar-refractivity contribution in [3.8, 4) is 0 Å². The highest BCUT2D eigenvalue weighted by Crippen LogP contribution is 2.05. The van der Waals surface area contributed by atoms with E-state index >= 15 is 0 Å². The Morgan fingerprint density at radius 2 is 1.89 bits per heavy atom. The fourth-order valence-corrected chi connectivity index (χ4v) is 1.78. The minimum atomic E-state index is -0.610. The topological polar surface area (TPSA) is 55.4 Å². The first-order valence-corrected chi connectivity index (χ1v) is 6.67. The molecule has 0 bridgehead atoms. The Morgan fingerprint density at radius 1 is 1.21 bits per heavy atom. The quantitative estimate of drug-likeness (QED) is 0.766. The molecule has 0 radical (unpaired) electrons. The Hall–Kier alpha value is -1.84. The van der Waals surface area contributed by atoms with Crippen LogP contribution in [-0.4, -0.2) is 24.5 Å². The van der Waals surface area contributed by atoms with Crippen molar-refractivity contribution in [3.63, 3.8) is 0 Å². The third-order valence-corrected chi connectivity index (χ3v) is 2.67. The molecule has 4 heteroatoms. The zero-order valence-electron chi connectivity index (χ0n) is 11.5. The van der Waals surface area contributed by atoms with E-state index in [1.54, 1.807) is 6.92 Å². The Kier molecular flexibility index (Phi) is 6.64. The summed E-state index contributed by atoms with van der Waals surface area (Å²) < 4.78 is 5.00. The minimum absolute atomic E-state index is 0.114. The van der Waals surface area contributed by atoms with E-state index in [2.05, 4.69) is 5.32 Å². The van der Waals surface area contributed by atoms with Gasteiger partial charge in [-0.1, -0.05) is 37.3 Å². The van der Waals surface area contributed by atoms with Crippen molar-refractivity contribution >= 4 is 11.9 Å². The van der Waals surface area contributed by atoms with E-state index in [9.17, 15) is 9.59 Å². The standard InChI is InChI=1S/C15H21NO3/c1-3-8-14(17)16-13(15(18)19-4-2)11-12-9-6-5-7-10-12/h5-7,9-10,13H,3-4,8,11H2,1-2H3,(H,16,17). The van der Waals surface area contributed by atoms with E-state index in [-0.39, 0.29) is 11.9 Å². The van der Waals surface area contributed by atoms with Crippen molar-refractivity contribution in [1.82, 2.24) is 5.32 Å². The molecule has 0 aromatic heterocycles. The first-order chi connectivity index (χ1) is 9.17. The number of ether oxygens (including phenoxy) is 1. The monoisotopic (exact) mass is 263 g/mol. The highest BCUT2D eigenvalue weighted by Gasteiger charge is 2.21. The predicted octanol–water partition coefficient (Wildman–Crippen LogP) is 2.08. The molecule has 0 spiro atoms. The van der Waals surface area contributed by atoms with Crippen molar-refractivity contribution < 1.29 is 14.3 Å². The van der Waals surface area contributed by atoms with Gasteiger partial charge in [0.25, 0.3) is 0 Å². The zero-order valence-corrected chi connectivity index (χ0v) is 11.5. The van der Waals surface area contributed by atoms with Gasteiger partial charge in [0.15, 0.2) is 0 Å². The molecular formula is C15H21NO3. The third-order valence-electron chi connectivity index (χ3n) is 2.67. The summed E-state index contributed by atoms with van der Waals surface area (Å²) in [5.74, 6) is -0.493. The number of hydrogen-bond acceptors (Lipinski definition) is 3. The molecule has 19 heavy (non-hydrogen) atoms. The number of benzene rings is 1. The van der Waals surface area contributed by atoms with E-state index in [0.717, 1.165) is 12.0 Å². The smallest absolute Gasteiger partial charge is 0.328 e. The Morgan fingerprint density at radius 3 is 2.47 bits per heavy atom. The lowest BCUT2D eigenvalue weighted by atomic mass is 10.1. The molecule has 1 N–H and O–H groups in total. The van der Waals surface area contributed by atoms with Crippen molar-refractivity contribution in [2.24, 2.45) is 0 Å². The van der Waals surface area contributed by atoms with Crippen LogP contribution in [-0.2, 0) is 20.7 Å². The van der Waals surface area contributed by atoms with E-state index in [0.29, 0.717) is 19.4 Å². The summed E-state index contributed by atoms with van der Waals surface area (Å²) >= 11 is 0. The van der Waals surface area contributed by atoms with Crippen molar-refractivity contribution in [3.05, 3.63) is 35.9 Å². The average Bonchev–Trinajstić information content (AvgIpc) is 2.40. The van der Waals surface area contributed by atoms with Gasteiger partial charge in [0.1, 0.15) is 6.04 Å². The van der Waals surface area contributed by atoms with Crippen LogP contribution in [0.2, 0.25) is 0 Å². The van der Waals surface area contributed by atoms with Crippen LogP contribution in [0.25, 0.3) is 0 Å². The van der Waals surface area contributed by atoms with Crippen LogP contribution in [0.4, 0.5) is 0 Å². The van der Waals surface area contributed by atoms with Gasteiger partial charge >= 0.3 is 5.97 Å². The van der Waals surface area contributed by atoms with Gasteiger partial charge in [-0.05, 0) is 18.9 Å². The SMILES string of the molecule is CCCC(=O)NC(Cc1ccccc1)C(=O)OCC. The predicted molar refractivity (Wildman–Crippen MR) is 73.6 cm³/mol. The fraction of sp³-hybridized carbons (Fsp3) is 0.467. The summed E-state index contributed by atoms with van der Waals surface area (Å²) in [5.41, 5.74) is 0.998. The molecular weight excluding hydrogens is 242 g/mol. The number of nitrogens with one attached hydrogen (secondary N) is 1. The lowest BCUT2D eigenvalue weighted by molar-refractivity contribution is -0.147. The highest BCUT2D eigenvalue weighted by atomic mass is 16.5. The van der Waals surface area contributed by atoms with Gasteiger partial charge in [-0.25, -0.2) is 4.79 Å². The molecule has 1 amide bonds. The summed E-state index contributed by atoms with van der Waals surface area (Å²) in [5, 5.41) is 2.74. The largest absolute Gasteiger partial charge is 0.464 e. The second-order valence-corrected chi connectivity index (χ2v) is 4.31. The summed E-state index contributed by atoms with van der Waals surface area (Å²) in [6.07, 6.45) is 1.63. The maximum absolute atomic E-state index is 11.9. The molecule has 0 aliphatic rings. The van der Waals surface area contributed by atoms with Crippen LogP contribution in [0.3, 0.4) is 0 Å². The maximum Gasteiger partial charge on any atom is 0.328 e. The first-order valence-electron chi connectivity index (χ1n) is 6.67. The lowest BCUT2D eigenvalue weighted by Gasteiger charge is -2.17. The van der Waals surface area contributed by atoms with Crippen LogP contribution in [0.1, 0.15) is 32.3 Å². The molecule has 0 saturated heterocycles. The molecule has 0 heterocycles. The fourth-order valence-electron chi connectivity index (χ4n) is 1.78. The van der Waals surface area contributed by atoms with Crippen LogP contribution in [0, 0.1) is 0 Å². The summed E-state index contributed by atoms with van der Waals surface area (Å²) in [6, 6.07) is 8.98. The molecule has 0 saturated carbocycles. The first kappa shape index (κ1) is 15.2.